The van der Waals surface area contributed by atoms with E-state index in [2.05, 4.69) is 22.3 Å². The smallest absolute Gasteiger partial charge is 0.228 e. The Labute approximate surface area is 163 Å². The zero-order chi connectivity index (χ0) is 18.8. The number of aromatic nitrogens is 3. The molecule has 0 spiro atoms. The third kappa shape index (κ3) is 3.57. The second-order valence-corrected chi connectivity index (χ2v) is 7.29. The van der Waals surface area contributed by atoms with E-state index in [-0.39, 0.29) is 5.91 Å². The lowest BCUT2D eigenvalue weighted by Gasteiger charge is -2.29. The van der Waals surface area contributed by atoms with Crippen LogP contribution < -0.4 is 4.90 Å². The molecule has 5 nitrogen and oxygen atoms in total. The SMILES string of the molecule is Cc1cccc(-c2n[nH]c(=S)n2CCC(=O)N2CCCc3ccccc32)c1. The fourth-order valence-corrected chi connectivity index (χ4v) is 3.89. The number of aryl methyl sites for hydroxylation is 2. The fraction of sp³-hybridized carbons (Fsp3) is 0.286. The number of hydrogen-bond donors (Lipinski definition) is 1. The van der Waals surface area contributed by atoms with Gasteiger partial charge in [0.25, 0.3) is 0 Å². The van der Waals surface area contributed by atoms with E-state index in [4.69, 9.17) is 12.2 Å². The molecule has 0 saturated carbocycles. The molecule has 2 aromatic carbocycles. The molecule has 138 valence electrons. The number of carbonyl (C=O) groups excluding carboxylic acids is 1. The van der Waals surface area contributed by atoms with Gasteiger partial charge in [0.1, 0.15) is 0 Å². The number of anilines is 1. The van der Waals surface area contributed by atoms with Gasteiger partial charge in [-0.3, -0.25) is 14.5 Å². The number of nitrogens with zero attached hydrogens (tertiary/aromatic N) is 3. The van der Waals surface area contributed by atoms with Crippen LogP contribution >= 0.6 is 12.2 Å². The monoisotopic (exact) mass is 378 g/mol. The van der Waals surface area contributed by atoms with Gasteiger partial charge < -0.3 is 4.90 Å². The van der Waals surface area contributed by atoms with Crippen molar-refractivity contribution >= 4 is 23.8 Å². The van der Waals surface area contributed by atoms with Gasteiger partial charge in [-0.15, -0.1) is 0 Å². The van der Waals surface area contributed by atoms with E-state index in [0.29, 0.717) is 17.7 Å². The van der Waals surface area contributed by atoms with E-state index < -0.39 is 0 Å². The standard InChI is InChI=1S/C21H22N4OS/c1-15-6-4-8-17(14-15)20-22-23-21(27)25(20)13-11-19(26)24-12-5-9-16-7-2-3-10-18(16)24/h2-4,6-8,10,14H,5,9,11-13H2,1H3,(H,23,27). The van der Waals surface area contributed by atoms with Crippen molar-refractivity contribution in [3.8, 4) is 11.4 Å². The van der Waals surface area contributed by atoms with Gasteiger partial charge in [0.2, 0.25) is 5.91 Å². The molecule has 0 fully saturated rings. The highest BCUT2D eigenvalue weighted by molar-refractivity contribution is 7.71. The van der Waals surface area contributed by atoms with Gasteiger partial charge >= 0.3 is 0 Å². The summed E-state index contributed by atoms with van der Waals surface area (Å²) >= 11 is 5.40. The normalized spacial score (nSPS) is 13.4. The minimum atomic E-state index is 0.125. The van der Waals surface area contributed by atoms with Gasteiger partial charge in [0, 0.05) is 30.8 Å². The Morgan fingerprint density at radius 1 is 1.22 bits per heavy atom. The maximum atomic E-state index is 12.9. The molecule has 2 heterocycles. The Morgan fingerprint density at radius 3 is 2.93 bits per heavy atom. The van der Waals surface area contributed by atoms with Crippen molar-refractivity contribution in [3.05, 3.63) is 64.4 Å². The summed E-state index contributed by atoms with van der Waals surface area (Å²) in [4.78, 5) is 14.8. The topological polar surface area (TPSA) is 53.9 Å². The lowest BCUT2D eigenvalue weighted by molar-refractivity contribution is -0.118. The van der Waals surface area contributed by atoms with E-state index in [1.54, 1.807) is 0 Å². The molecular weight excluding hydrogens is 356 g/mol. The van der Waals surface area contributed by atoms with E-state index in [9.17, 15) is 4.79 Å². The largest absolute Gasteiger partial charge is 0.312 e. The highest BCUT2D eigenvalue weighted by Gasteiger charge is 2.22. The average Bonchev–Trinajstić information content (AvgIpc) is 3.06. The maximum absolute atomic E-state index is 12.9. The molecule has 1 aliphatic heterocycles. The van der Waals surface area contributed by atoms with Gasteiger partial charge in [0.05, 0.1) is 0 Å². The summed E-state index contributed by atoms with van der Waals surface area (Å²) in [6.07, 6.45) is 2.42. The zero-order valence-electron chi connectivity index (χ0n) is 15.3. The Morgan fingerprint density at radius 2 is 2.07 bits per heavy atom. The number of carbonyl (C=O) groups is 1. The van der Waals surface area contributed by atoms with Gasteiger partial charge in [0.15, 0.2) is 10.6 Å². The number of hydrogen-bond acceptors (Lipinski definition) is 3. The fourth-order valence-electron chi connectivity index (χ4n) is 3.66. The molecule has 1 aliphatic rings. The van der Waals surface area contributed by atoms with Gasteiger partial charge in [-0.2, -0.15) is 5.10 Å². The summed E-state index contributed by atoms with van der Waals surface area (Å²) < 4.78 is 2.45. The molecule has 1 N–H and O–H groups in total. The van der Waals surface area contributed by atoms with Crippen LogP contribution in [0.4, 0.5) is 5.69 Å². The number of H-pyrrole nitrogens is 1. The summed E-state index contributed by atoms with van der Waals surface area (Å²) in [5, 5.41) is 7.24. The van der Waals surface area contributed by atoms with E-state index in [1.165, 1.54) is 5.56 Å². The van der Waals surface area contributed by atoms with Crippen LogP contribution in [0.5, 0.6) is 0 Å². The van der Waals surface area contributed by atoms with E-state index in [1.807, 2.05) is 52.8 Å². The van der Waals surface area contributed by atoms with Crippen LogP contribution in [0.15, 0.2) is 48.5 Å². The molecule has 1 amide bonds. The third-order valence-corrected chi connectivity index (χ3v) is 5.31. The van der Waals surface area contributed by atoms with Gasteiger partial charge in [-0.05, 0) is 49.7 Å². The second-order valence-electron chi connectivity index (χ2n) is 6.90. The summed E-state index contributed by atoms with van der Waals surface area (Å²) in [6.45, 7) is 3.33. The summed E-state index contributed by atoms with van der Waals surface area (Å²) in [5.74, 6) is 0.899. The van der Waals surface area contributed by atoms with Crippen molar-refractivity contribution in [3.63, 3.8) is 0 Å². The maximum Gasteiger partial charge on any atom is 0.228 e. The van der Waals surface area contributed by atoms with E-state index in [0.717, 1.165) is 42.0 Å². The highest BCUT2D eigenvalue weighted by Crippen LogP contribution is 2.27. The van der Waals surface area contributed by atoms with Crippen molar-refractivity contribution in [2.24, 2.45) is 0 Å². The number of amides is 1. The average molecular weight is 379 g/mol. The predicted octanol–water partition coefficient (Wildman–Crippen LogP) is 4.29. The molecule has 4 rings (SSSR count). The number of aromatic amines is 1. The number of para-hydroxylation sites is 1. The lowest BCUT2D eigenvalue weighted by Crippen LogP contribution is -2.35. The molecule has 0 radical (unpaired) electrons. The molecule has 0 aliphatic carbocycles. The molecule has 0 atom stereocenters. The molecule has 0 saturated heterocycles. The van der Waals surface area contributed by atoms with Crippen molar-refractivity contribution < 1.29 is 4.79 Å². The van der Waals surface area contributed by atoms with Crippen molar-refractivity contribution in [2.75, 3.05) is 11.4 Å². The van der Waals surface area contributed by atoms with Crippen LogP contribution in [0.25, 0.3) is 11.4 Å². The number of fused-ring (bicyclic) bond motifs is 1. The molecule has 6 heteroatoms. The summed E-state index contributed by atoms with van der Waals surface area (Å²) in [7, 11) is 0. The first-order valence-electron chi connectivity index (χ1n) is 9.24. The Hall–Kier alpha value is -2.73. The molecular formula is C21H22N4OS. The molecule has 3 aromatic rings. The quantitative estimate of drug-likeness (QED) is 0.689. The van der Waals surface area contributed by atoms with Crippen LogP contribution in [-0.2, 0) is 17.8 Å². The third-order valence-electron chi connectivity index (χ3n) is 5.00. The molecule has 0 unspecified atom stereocenters. The summed E-state index contributed by atoms with van der Waals surface area (Å²) in [5.41, 5.74) is 4.45. The number of nitrogens with one attached hydrogen (secondary N) is 1. The van der Waals surface area contributed by atoms with Crippen LogP contribution in [0, 0.1) is 11.7 Å². The number of benzene rings is 2. The van der Waals surface area contributed by atoms with Gasteiger partial charge in [-0.1, -0.05) is 42.0 Å². The van der Waals surface area contributed by atoms with Crippen LogP contribution in [-0.4, -0.2) is 27.2 Å². The van der Waals surface area contributed by atoms with Crippen molar-refractivity contribution in [1.29, 1.82) is 0 Å². The molecule has 1 aromatic heterocycles. The highest BCUT2D eigenvalue weighted by atomic mass is 32.1. The van der Waals surface area contributed by atoms with Crippen LogP contribution in [0.1, 0.15) is 24.0 Å². The van der Waals surface area contributed by atoms with Gasteiger partial charge in [-0.25, -0.2) is 0 Å². The minimum absolute atomic E-state index is 0.125. The lowest BCUT2D eigenvalue weighted by atomic mass is 10.0. The zero-order valence-corrected chi connectivity index (χ0v) is 16.1. The van der Waals surface area contributed by atoms with Crippen molar-refractivity contribution in [2.45, 2.75) is 32.7 Å². The first-order chi connectivity index (χ1) is 13.1. The molecule has 0 bridgehead atoms. The summed E-state index contributed by atoms with van der Waals surface area (Å²) in [6, 6.07) is 16.3. The van der Waals surface area contributed by atoms with Crippen molar-refractivity contribution in [1.82, 2.24) is 14.8 Å². The second kappa shape index (κ2) is 7.48. The first-order valence-corrected chi connectivity index (χ1v) is 9.65. The van der Waals surface area contributed by atoms with Crippen LogP contribution in [0.3, 0.4) is 0 Å². The first kappa shape index (κ1) is 17.7. The Balaban J connectivity index is 1.54. The molecule has 27 heavy (non-hydrogen) atoms. The predicted molar refractivity (Wildman–Crippen MR) is 109 cm³/mol. The number of rotatable bonds is 4. The Bertz CT molecular complexity index is 1040. The minimum Gasteiger partial charge on any atom is -0.312 e. The van der Waals surface area contributed by atoms with E-state index >= 15 is 0 Å². The van der Waals surface area contributed by atoms with Crippen LogP contribution in [0.2, 0.25) is 0 Å². The Kier molecular flexibility index (Phi) is 4.90.